The first-order valence-electron chi connectivity index (χ1n) is 9.12. The number of aryl methyl sites for hydroxylation is 1. The Morgan fingerprint density at radius 1 is 1.10 bits per heavy atom. The number of rotatable bonds is 2. The Labute approximate surface area is 167 Å². The van der Waals surface area contributed by atoms with E-state index < -0.39 is 0 Å². The van der Waals surface area contributed by atoms with Gasteiger partial charge in [0.15, 0.2) is 0 Å². The van der Waals surface area contributed by atoms with E-state index >= 15 is 0 Å². The molecular weight excluding hydrogens is 370 g/mol. The molecule has 0 radical (unpaired) electrons. The third kappa shape index (κ3) is 4.01. The summed E-state index contributed by atoms with van der Waals surface area (Å²) in [5.74, 6) is 7.58. The standard InChI is InChI=1S/C20H19N7O2/c1-14-16(4-2-15-3-5-18(21)22-12-15)19(24-13-23-14)26-8-10-27(11-9-26)20(28)17-6-7-25-29-17/h3,5-7,12-13H,8-11H2,1H3,(H2,21,22). The van der Waals surface area contributed by atoms with Crippen molar-refractivity contribution in [1.29, 1.82) is 0 Å². The van der Waals surface area contributed by atoms with Gasteiger partial charge in [0.05, 0.1) is 17.5 Å². The summed E-state index contributed by atoms with van der Waals surface area (Å²) in [6.07, 6.45) is 4.64. The van der Waals surface area contributed by atoms with Crippen LogP contribution in [0.2, 0.25) is 0 Å². The monoisotopic (exact) mass is 389 g/mol. The summed E-state index contributed by atoms with van der Waals surface area (Å²) < 4.78 is 4.97. The van der Waals surface area contributed by atoms with E-state index in [0.717, 1.165) is 22.6 Å². The normalized spacial score (nSPS) is 13.7. The van der Waals surface area contributed by atoms with E-state index in [4.69, 9.17) is 10.3 Å². The zero-order valence-corrected chi connectivity index (χ0v) is 15.9. The molecule has 29 heavy (non-hydrogen) atoms. The molecule has 0 atom stereocenters. The minimum atomic E-state index is -0.156. The average molecular weight is 389 g/mol. The molecule has 1 saturated heterocycles. The second-order valence-corrected chi connectivity index (χ2v) is 6.54. The fraction of sp³-hybridized carbons (Fsp3) is 0.250. The van der Waals surface area contributed by atoms with Crippen molar-refractivity contribution in [3.63, 3.8) is 0 Å². The molecule has 0 aromatic carbocycles. The van der Waals surface area contributed by atoms with Gasteiger partial charge in [0.2, 0.25) is 5.76 Å². The number of carbonyl (C=O) groups is 1. The summed E-state index contributed by atoms with van der Waals surface area (Å²) in [5.41, 5.74) is 7.94. The van der Waals surface area contributed by atoms with Gasteiger partial charge in [0.25, 0.3) is 5.91 Å². The fourth-order valence-corrected chi connectivity index (χ4v) is 3.06. The molecule has 1 amide bonds. The van der Waals surface area contributed by atoms with E-state index in [-0.39, 0.29) is 11.7 Å². The topological polar surface area (TPSA) is 114 Å². The Morgan fingerprint density at radius 3 is 2.62 bits per heavy atom. The number of aromatic nitrogens is 4. The van der Waals surface area contributed by atoms with Gasteiger partial charge in [-0.15, -0.1) is 0 Å². The van der Waals surface area contributed by atoms with Crippen molar-refractivity contribution in [2.75, 3.05) is 36.8 Å². The van der Waals surface area contributed by atoms with Crippen LogP contribution in [0.15, 0.2) is 41.4 Å². The maximum absolute atomic E-state index is 12.4. The lowest BCUT2D eigenvalue weighted by Crippen LogP contribution is -2.49. The first kappa shape index (κ1) is 18.4. The van der Waals surface area contributed by atoms with Gasteiger partial charge in [0, 0.05) is 44.0 Å². The number of pyridine rings is 1. The Morgan fingerprint density at radius 2 is 1.93 bits per heavy atom. The molecule has 0 spiro atoms. The highest BCUT2D eigenvalue weighted by Gasteiger charge is 2.26. The number of amides is 1. The number of nitrogens with two attached hydrogens (primary N) is 1. The van der Waals surface area contributed by atoms with Gasteiger partial charge in [-0.3, -0.25) is 4.79 Å². The molecule has 9 heteroatoms. The summed E-state index contributed by atoms with van der Waals surface area (Å²) in [4.78, 5) is 29.1. The van der Waals surface area contributed by atoms with Gasteiger partial charge in [-0.2, -0.15) is 0 Å². The molecule has 2 N–H and O–H groups in total. The van der Waals surface area contributed by atoms with Crippen molar-refractivity contribution in [2.45, 2.75) is 6.92 Å². The molecule has 1 fully saturated rings. The van der Waals surface area contributed by atoms with Crippen molar-refractivity contribution in [1.82, 2.24) is 25.0 Å². The number of nitrogens with zero attached hydrogens (tertiary/aromatic N) is 6. The van der Waals surface area contributed by atoms with Crippen LogP contribution in [0.4, 0.5) is 11.6 Å². The van der Waals surface area contributed by atoms with Crippen LogP contribution in [0.25, 0.3) is 0 Å². The van der Waals surface area contributed by atoms with Crippen LogP contribution in [-0.2, 0) is 0 Å². The lowest BCUT2D eigenvalue weighted by Gasteiger charge is -2.35. The molecule has 4 heterocycles. The highest BCUT2D eigenvalue weighted by Crippen LogP contribution is 2.21. The Bertz CT molecular complexity index is 1060. The van der Waals surface area contributed by atoms with Crippen molar-refractivity contribution >= 4 is 17.5 Å². The smallest absolute Gasteiger partial charge is 0.292 e. The fourth-order valence-electron chi connectivity index (χ4n) is 3.06. The van der Waals surface area contributed by atoms with Crippen LogP contribution >= 0.6 is 0 Å². The number of carbonyl (C=O) groups excluding carboxylic acids is 1. The van der Waals surface area contributed by atoms with Crippen LogP contribution in [0.3, 0.4) is 0 Å². The van der Waals surface area contributed by atoms with Gasteiger partial charge in [-0.1, -0.05) is 17.0 Å². The van der Waals surface area contributed by atoms with E-state index in [1.54, 1.807) is 23.2 Å². The van der Waals surface area contributed by atoms with E-state index in [1.807, 2.05) is 13.0 Å². The van der Waals surface area contributed by atoms with Crippen molar-refractivity contribution in [3.05, 3.63) is 59.5 Å². The van der Waals surface area contributed by atoms with Crippen LogP contribution < -0.4 is 10.6 Å². The summed E-state index contributed by atoms with van der Waals surface area (Å²) in [5, 5.41) is 3.60. The minimum absolute atomic E-state index is 0.156. The number of piperazine rings is 1. The molecule has 3 aromatic rings. The van der Waals surface area contributed by atoms with Gasteiger partial charge in [0.1, 0.15) is 18.0 Å². The molecule has 0 unspecified atom stereocenters. The van der Waals surface area contributed by atoms with Crippen molar-refractivity contribution in [3.8, 4) is 11.8 Å². The Balaban J connectivity index is 1.52. The molecule has 9 nitrogen and oxygen atoms in total. The second-order valence-electron chi connectivity index (χ2n) is 6.54. The number of anilines is 2. The van der Waals surface area contributed by atoms with Gasteiger partial charge < -0.3 is 20.1 Å². The lowest BCUT2D eigenvalue weighted by molar-refractivity contribution is 0.0704. The Kier molecular flexibility index (Phi) is 5.07. The molecule has 4 rings (SSSR count). The summed E-state index contributed by atoms with van der Waals surface area (Å²) in [7, 11) is 0. The van der Waals surface area contributed by atoms with Crippen LogP contribution in [0.5, 0.6) is 0 Å². The molecule has 1 aliphatic rings. The first-order chi connectivity index (χ1) is 14.1. The SMILES string of the molecule is Cc1ncnc(N2CCN(C(=O)c3ccno3)CC2)c1C#Cc1ccc(N)nc1. The summed E-state index contributed by atoms with van der Waals surface area (Å²) in [6.45, 7) is 4.28. The number of hydrogen-bond acceptors (Lipinski definition) is 8. The maximum Gasteiger partial charge on any atom is 0.292 e. The predicted molar refractivity (Wildman–Crippen MR) is 106 cm³/mol. The zero-order chi connectivity index (χ0) is 20.2. The molecular formula is C20H19N7O2. The number of hydrogen-bond donors (Lipinski definition) is 1. The molecule has 0 bridgehead atoms. The zero-order valence-electron chi connectivity index (χ0n) is 15.9. The molecule has 146 valence electrons. The van der Waals surface area contributed by atoms with Gasteiger partial charge in [-0.25, -0.2) is 15.0 Å². The van der Waals surface area contributed by atoms with Crippen molar-refractivity contribution in [2.24, 2.45) is 0 Å². The molecule has 1 aliphatic heterocycles. The van der Waals surface area contributed by atoms with E-state index in [9.17, 15) is 4.79 Å². The third-order valence-corrected chi connectivity index (χ3v) is 4.65. The molecule has 0 aliphatic carbocycles. The first-order valence-corrected chi connectivity index (χ1v) is 9.12. The highest BCUT2D eigenvalue weighted by atomic mass is 16.5. The predicted octanol–water partition coefficient (Wildman–Crippen LogP) is 1.11. The van der Waals surface area contributed by atoms with Crippen molar-refractivity contribution < 1.29 is 9.32 Å². The summed E-state index contributed by atoms with van der Waals surface area (Å²) >= 11 is 0. The summed E-state index contributed by atoms with van der Waals surface area (Å²) in [6, 6.07) is 5.11. The van der Waals surface area contributed by atoms with E-state index in [2.05, 4.69) is 36.8 Å². The van der Waals surface area contributed by atoms with Crippen LogP contribution in [0.1, 0.15) is 27.4 Å². The van der Waals surface area contributed by atoms with Crippen LogP contribution in [0, 0.1) is 18.8 Å². The Hall–Kier alpha value is -3.93. The van der Waals surface area contributed by atoms with Crippen LogP contribution in [-0.4, -0.2) is 57.1 Å². The van der Waals surface area contributed by atoms with Gasteiger partial charge >= 0.3 is 0 Å². The second kappa shape index (κ2) is 7.98. The third-order valence-electron chi connectivity index (χ3n) is 4.65. The minimum Gasteiger partial charge on any atom is -0.384 e. The lowest BCUT2D eigenvalue weighted by atomic mass is 10.1. The van der Waals surface area contributed by atoms with E-state index in [0.29, 0.717) is 32.0 Å². The number of nitrogen functional groups attached to an aromatic ring is 1. The quantitative estimate of drug-likeness (QED) is 0.649. The molecule has 0 saturated carbocycles. The molecule has 3 aromatic heterocycles. The largest absolute Gasteiger partial charge is 0.384 e. The maximum atomic E-state index is 12.4. The average Bonchev–Trinajstić information content (AvgIpc) is 3.28. The van der Waals surface area contributed by atoms with Gasteiger partial charge in [-0.05, 0) is 19.1 Å². The van der Waals surface area contributed by atoms with E-state index in [1.165, 1.54) is 12.5 Å². The highest BCUT2D eigenvalue weighted by molar-refractivity contribution is 5.91.